The number of rotatable bonds is 9. The summed E-state index contributed by atoms with van der Waals surface area (Å²) in [6, 6.07) is 19.9. The predicted molar refractivity (Wildman–Crippen MR) is 126 cm³/mol. The zero-order valence-electron chi connectivity index (χ0n) is 17.7. The van der Waals surface area contributed by atoms with Crippen molar-refractivity contribution < 1.29 is 22.7 Å². The lowest BCUT2D eigenvalue weighted by molar-refractivity contribution is -0.123. The lowest BCUT2D eigenvalue weighted by atomic mass is 10.2. The predicted octanol–water partition coefficient (Wildman–Crippen LogP) is 3.47. The normalized spacial score (nSPS) is 11.0. The van der Waals surface area contributed by atoms with Gasteiger partial charge in [0.05, 0.1) is 23.0 Å². The lowest BCUT2D eigenvalue weighted by Crippen LogP contribution is -2.40. The summed E-state index contributed by atoms with van der Waals surface area (Å²) in [5.74, 6) is -0.0548. The monoisotopic (exact) mass is 487 g/mol. The zero-order chi connectivity index (χ0) is 23.8. The maximum atomic E-state index is 12.2. The van der Waals surface area contributed by atoms with Crippen molar-refractivity contribution in [1.29, 1.82) is 0 Å². The largest absolute Gasteiger partial charge is 0.456 e. The van der Waals surface area contributed by atoms with E-state index in [9.17, 15) is 18.0 Å². The molecule has 8 nitrogen and oxygen atoms in total. The third-order valence-corrected chi connectivity index (χ3v) is 6.13. The zero-order valence-corrected chi connectivity index (χ0v) is 19.2. The number of hydrogen-bond acceptors (Lipinski definition) is 5. The van der Waals surface area contributed by atoms with Gasteiger partial charge in [-0.05, 0) is 55.5 Å². The van der Waals surface area contributed by atoms with Crippen LogP contribution in [0, 0.1) is 6.92 Å². The number of amides is 2. The molecule has 2 amide bonds. The SMILES string of the molecule is Cc1ccc(S(=O)(=O)NCC(=O)NCC(=O)Nc2ccc(Oc3ccccc3Cl)cc2)cc1. The van der Waals surface area contributed by atoms with Gasteiger partial charge in [0, 0.05) is 5.69 Å². The maximum absolute atomic E-state index is 12.2. The molecule has 0 atom stereocenters. The summed E-state index contributed by atoms with van der Waals surface area (Å²) >= 11 is 6.06. The van der Waals surface area contributed by atoms with E-state index in [1.807, 2.05) is 6.92 Å². The molecule has 33 heavy (non-hydrogen) atoms. The first kappa shape index (κ1) is 24.2. The smallest absolute Gasteiger partial charge is 0.243 e. The van der Waals surface area contributed by atoms with E-state index >= 15 is 0 Å². The molecule has 10 heteroatoms. The molecule has 0 fully saturated rings. The van der Waals surface area contributed by atoms with Crippen LogP contribution in [0.4, 0.5) is 5.69 Å². The summed E-state index contributed by atoms with van der Waals surface area (Å²) in [5.41, 5.74) is 1.42. The fourth-order valence-electron chi connectivity index (χ4n) is 2.67. The van der Waals surface area contributed by atoms with Gasteiger partial charge in [-0.15, -0.1) is 0 Å². The standard InChI is InChI=1S/C23H22ClN3O5S/c1-16-6-12-19(13-7-16)33(30,31)26-15-22(28)25-14-23(29)27-17-8-10-18(11-9-17)32-21-5-3-2-4-20(21)24/h2-13,26H,14-15H2,1H3,(H,25,28)(H,27,29). The first-order chi connectivity index (χ1) is 15.7. The molecule has 0 aliphatic carbocycles. The Bertz CT molecular complexity index is 1230. The minimum atomic E-state index is -3.82. The molecule has 0 saturated heterocycles. The Morgan fingerprint density at radius 3 is 2.21 bits per heavy atom. The van der Waals surface area contributed by atoms with Gasteiger partial charge in [0.15, 0.2) is 0 Å². The number of sulfonamides is 1. The number of ether oxygens (including phenoxy) is 1. The summed E-state index contributed by atoms with van der Waals surface area (Å²) in [4.78, 5) is 24.1. The molecule has 0 aliphatic rings. The van der Waals surface area contributed by atoms with Crippen LogP contribution in [-0.4, -0.2) is 33.3 Å². The molecule has 0 radical (unpaired) electrons. The number of carbonyl (C=O) groups excluding carboxylic acids is 2. The average Bonchev–Trinajstić information content (AvgIpc) is 2.79. The van der Waals surface area contributed by atoms with E-state index in [-0.39, 0.29) is 11.4 Å². The molecule has 0 heterocycles. The average molecular weight is 488 g/mol. The van der Waals surface area contributed by atoms with Gasteiger partial charge in [-0.1, -0.05) is 41.4 Å². The fraction of sp³-hybridized carbons (Fsp3) is 0.130. The van der Waals surface area contributed by atoms with Crippen LogP contribution in [0.1, 0.15) is 5.56 Å². The van der Waals surface area contributed by atoms with Gasteiger partial charge in [0.1, 0.15) is 11.5 Å². The van der Waals surface area contributed by atoms with Crippen LogP contribution in [-0.2, 0) is 19.6 Å². The highest BCUT2D eigenvalue weighted by molar-refractivity contribution is 7.89. The van der Waals surface area contributed by atoms with E-state index in [4.69, 9.17) is 16.3 Å². The van der Waals surface area contributed by atoms with Crippen LogP contribution in [0.2, 0.25) is 5.02 Å². The second-order valence-electron chi connectivity index (χ2n) is 7.02. The van der Waals surface area contributed by atoms with Crippen molar-refractivity contribution in [2.45, 2.75) is 11.8 Å². The molecular formula is C23H22ClN3O5S. The Hall–Kier alpha value is -3.40. The topological polar surface area (TPSA) is 114 Å². The molecule has 0 aromatic heterocycles. The third-order valence-electron chi connectivity index (χ3n) is 4.40. The van der Waals surface area contributed by atoms with Crippen LogP contribution in [0.5, 0.6) is 11.5 Å². The van der Waals surface area contributed by atoms with Crippen molar-refractivity contribution >= 4 is 39.1 Å². The summed E-state index contributed by atoms with van der Waals surface area (Å²) in [6.07, 6.45) is 0. The second-order valence-corrected chi connectivity index (χ2v) is 9.19. The number of aryl methyl sites for hydroxylation is 1. The van der Waals surface area contributed by atoms with Gasteiger partial charge < -0.3 is 15.4 Å². The Morgan fingerprint density at radius 1 is 0.879 bits per heavy atom. The second kappa shape index (κ2) is 11.0. The molecule has 3 aromatic carbocycles. The number of benzene rings is 3. The van der Waals surface area contributed by atoms with Crippen molar-refractivity contribution in [3.05, 3.63) is 83.4 Å². The van der Waals surface area contributed by atoms with E-state index < -0.39 is 28.4 Å². The highest BCUT2D eigenvalue weighted by Gasteiger charge is 2.15. The molecule has 3 N–H and O–H groups in total. The van der Waals surface area contributed by atoms with Gasteiger partial charge in [-0.25, -0.2) is 13.1 Å². The lowest BCUT2D eigenvalue weighted by Gasteiger charge is -2.10. The van der Waals surface area contributed by atoms with E-state index in [2.05, 4.69) is 15.4 Å². The Kier molecular flexibility index (Phi) is 8.05. The van der Waals surface area contributed by atoms with E-state index in [0.717, 1.165) is 5.56 Å². The number of para-hydroxylation sites is 1. The van der Waals surface area contributed by atoms with Crippen molar-refractivity contribution in [3.63, 3.8) is 0 Å². The van der Waals surface area contributed by atoms with Crippen molar-refractivity contribution in [3.8, 4) is 11.5 Å². The fourth-order valence-corrected chi connectivity index (χ4v) is 3.83. The van der Waals surface area contributed by atoms with Crippen molar-refractivity contribution in [1.82, 2.24) is 10.0 Å². The number of nitrogens with one attached hydrogen (secondary N) is 3. The van der Waals surface area contributed by atoms with E-state index in [1.165, 1.54) is 12.1 Å². The first-order valence-electron chi connectivity index (χ1n) is 9.88. The van der Waals surface area contributed by atoms with Crippen LogP contribution >= 0.6 is 11.6 Å². The third kappa shape index (κ3) is 7.31. The number of carbonyl (C=O) groups is 2. The number of hydrogen-bond donors (Lipinski definition) is 3. The summed E-state index contributed by atoms with van der Waals surface area (Å²) in [7, 11) is -3.82. The van der Waals surface area contributed by atoms with Crippen LogP contribution in [0.3, 0.4) is 0 Å². The van der Waals surface area contributed by atoms with Gasteiger partial charge in [-0.3, -0.25) is 9.59 Å². The molecule has 0 aliphatic heterocycles. The highest BCUT2D eigenvalue weighted by Crippen LogP contribution is 2.29. The van der Waals surface area contributed by atoms with Crippen molar-refractivity contribution in [2.75, 3.05) is 18.4 Å². The van der Waals surface area contributed by atoms with Gasteiger partial charge >= 0.3 is 0 Å². The highest BCUT2D eigenvalue weighted by atomic mass is 35.5. The Labute approximate surface area is 197 Å². The quantitative estimate of drug-likeness (QED) is 0.427. The molecule has 0 bridgehead atoms. The van der Waals surface area contributed by atoms with Crippen LogP contribution in [0.15, 0.2) is 77.7 Å². The molecular weight excluding hydrogens is 466 g/mol. The molecule has 0 spiro atoms. The molecule has 0 saturated carbocycles. The maximum Gasteiger partial charge on any atom is 0.243 e. The Morgan fingerprint density at radius 2 is 1.55 bits per heavy atom. The summed E-state index contributed by atoms with van der Waals surface area (Å²) < 4.78 is 32.3. The van der Waals surface area contributed by atoms with Crippen LogP contribution < -0.4 is 20.1 Å². The molecule has 3 rings (SSSR count). The van der Waals surface area contributed by atoms with Crippen LogP contribution in [0.25, 0.3) is 0 Å². The van der Waals surface area contributed by atoms with Gasteiger partial charge in [0.2, 0.25) is 21.8 Å². The van der Waals surface area contributed by atoms with E-state index in [0.29, 0.717) is 22.2 Å². The minimum absolute atomic E-state index is 0.0561. The number of anilines is 1. The van der Waals surface area contributed by atoms with Gasteiger partial charge in [0.25, 0.3) is 0 Å². The number of halogens is 1. The van der Waals surface area contributed by atoms with Gasteiger partial charge in [-0.2, -0.15) is 0 Å². The molecule has 172 valence electrons. The Balaban J connectivity index is 1.43. The first-order valence-corrected chi connectivity index (χ1v) is 11.7. The summed E-state index contributed by atoms with van der Waals surface area (Å²) in [6.45, 7) is 1.03. The molecule has 3 aromatic rings. The molecule has 0 unspecified atom stereocenters. The summed E-state index contributed by atoms with van der Waals surface area (Å²) in [5, 5.41) is 5.48. The van der Waals surface area contributed by atoms with Crippen molar-refractivity contribution in [2.24, 2.45) is 0 Å². The minimum Gasteiger partial charge on any atom is -0.456 e. The van der Waals surface area contributed by atoms with E-state index in [1.54, 1.807) is 60.7 Å².